The molecule has 12 heteroatoms. The highest BCUT2D eigenvalue weighted by atomic mass is 16.7. The Morgan fingerprint density at radius 1 is 1.17 bits per heavy atom. The molecule has 2 aromatic heterocycles. The Bertz CT molecular complexity index is 1040. The van der Waals surface area contributed by atoms with Crippen LogP contribution in [0.5, 0.6) is 0 Å². The molecule has 0 aromatic carbocycles. The van der Waals surface area contributed by atoms with Crippen molar-refractivity contribution in [3.05, 3.63) is 12.2 Å². The van der Waals surface area contributed by atoms with Crippen LogP contribution in [0.3, 0.4) is 0 Å². The van der Waals surface area contributed by atoms with E-state index in [1.54, 1.807) is 0 Å². The fourth-order valence-corrected chi connectivity index (χ4v) is 3.11. The van der Waals surface area contributed by atoms with Crippen molar-refractivity contribution < 1.29 is 33.3 Å². The van der Waals surface area contributed by atoms with Crippen molar-refractivity contribution in [2.45, 2.75) is 45.3 Å². The van der Waals surface area contributed by atoms with Gasteiger partial charge in [-0.25, -0.2) is 15.0 Å². The third kappa shape index (κ3) is 4.15. The van der Waals surface area contributed by atoms with Crippen molar-refractivity contribution in [3.63, 3.8) is 0 Å². The van der Waals surface area contributed by atoms with E-state index in [2.05, 4.69) is 20.9 Å². The minimum absolute atomic E-state index is 0.0248. The molecular formula is C18H19N5O7. The van der Waals surface area contributed by atoms with Crippen LogP contribution in [0.15, 0.2) is 6.33 Å². The van der Waals surface area contributed by atoms with Gasteiger partial charge in [0.25, 0.3) is 0 Å². The number of carbonyl (C=O) groups excluding carboxylic acids is 3. The summed E-state index contributed by atoms with van der Waals surface area (Å²) in [5, 5.41) is 0. The molecule has 30 heavy (non-hydrogen) atoms. The second-order valence-corrected chi connectivity index (χ2v) is 6.42. The van der Waals surface area contributed by atoms with E-state index < -0.39 is 42.4 Å². The summed E-state index contributed by atoms with van der Waals surface area (Å²) in [6, 6.07) is 0. The molecule has 12 nitrogen and oxygen atoms in total. The monoisotopic (exact) mass is 417 g/mol. The number of hydrogen-bond acceptors (Lipinski definition) is 11. The number of anilines is 1. The van der Waals surface area contributed by atoms with Gasteiger partial charge >= 0.3 is 17.9 Å². The second-order valence-electron chi connectivity index (χ2n) is 6.42. The first-order valence-electron chi connectivity index (χ1n) is 8.81. The summed E-state index contributed by atoms with van der Waals surface area (Å²) in [7, 11) is 0. The molecule has 0 saturated carbocycles. The van der Waals surface area contributed by atoms with Crippen LogP contribution < -0.4 is 5.73 Å². The van der Waals surface area contributed by atoms with Gasteiger partial charge in [-0.2, -0.15) is 0 Å². The molecule has 0 aliphatic carbocycles. The van der Waals surface area contributed by atoms with E-state index in [0.29, 0.717) is 0 Å². The lowest BCUT2D eigenvalue weighted by atomic mass is 10.1. The van der Waals surface area contributed by atoms with Gasteiger partial charge in [-0.15, -0.1) is 6.42 Å². The van der Waals surface area contributed by atoms with Gasteiger partial charge in [0.05, 0.1) is 6.33 Å². The van der Waals surface area contributed by atoms with E-state index >= 15 is 0 Å². The molecule has 1 aliphatic heterocycles. The van der Waals surface area contributed by atoms with Gasteiger partial charge in [0, 0.05) is 20.8 Å². The van der Waals surface area contributed by atoms with Crippen molar-refractivity contribution in [1.29, 1.82) is 0 Å². The molecule has 3 rings (SSSR count). The highest BCUT2D eigenvalue weighted by molar-refractivity contribution is 5.82. The van der Waals surface area contributed by atoms with Crippen LogP contribution in [0.4, 0.5) is 5.82 Å². The maximum absolute atomic E-state index is 11.7. The summed E-state index contributed by atoms with van der Waals surface area (Å²) in [4.78, 5) is 47.0. The fourth-order valence-electron chi connectivity index (χ4n) is 3.11. The summed E-state index contributed by atoms with van der Waals surface area (Å²) in [6.07, 6.45) is 2.64. The first-order chi connectivity index (χ1) is 14.2. The van der Waals surface area contributed by atoms with E-state index in [0.717, 1.165) is 0 Å². The van der Waals surface area contributed by atoms with Crippen LogP contribution in [0.2, 0.25) is 0 Å². The number of carbonyl (C=O) groups is 3. The lowest BCUT2D eigenvalue weighted by Crippen LogP contribution is -2.40. The largest absolute Gasteiger partial charge is 0.463 e. The predicted molar refractivity (Wildman–Crippen MR) is 99.3 cm³/mol. The molecule has 3 heterocycles. The molecule has 1 fully saturated rings. The maximum atomic E-state index is 11.7. The van der Waals surface area contributed by atoms with Crippen molar-refractivity contribution >= 4 is 34.9 Å². The minimum Gasteiger partial charge on any atom is -0.463 e. The molecule has 158 valence electrons. The summed E-state index contributed by atoms with van der Waals surface area (Å²) in [6.45, 7) is 3.38. The van der Waals surface area contributed by atoms with Crippen molar-refractivity contribution in [3.8, 4) is 12.3 Å². The topological polar surface area (TPSA) is 158 Å². The number of imidazole rings is 1. The zero-order valence-electron chi connectivity index (χ0n) is 16.4. The maximum Gasteiger partial charge on any atom is 0.303 e. The zero-order chi connectivity index (χ0) is 22.0. The Balaban J connectivity index is 2.07. The molecule has 1 saturated heterocycles. The van der Waals surface area contributed by atoms with E-state index in [1.165, 1.54) is 31.7 Å². The number of nitrogens with two attached hydrogens (primary N) is 1. The number of rotatable bonds is 5. The number of nitrogen functional groups attached to an aromatic ring is 1. The quantitative estimate of drug-likeness (QED) is 0.387. The predicted octanol–water partition coefficient (Wildman–Crippen LogP) is -0.286. The summed E-state index contributed by atoms with van der Waals surface area (Å²) in [5.74, 6) is 0.547. The van der Waals surface area contributed by atoms with E-state index in [-0.39, 0.29) is 29.4 Å². The molecule has 2 N–H and O–H groups in total. The summed E-state index contributed by atoms with van der Waals surface area (Å²) < 4.78 is 23.1. The average Bonchev–Trinajstić information content (AvgIpc) is 3.21. The van der Waals surface area contributed by atoms with Gasteiger partial charge < -0.3 is 24.7 Å². The van der Waals surface area contributed by atoms with Crippen LogP contribution >= 0.6 is 0 Å². The number of hydrogen-bond donors (Lipinski definition) is 1. The van der Waals surface area contributed by atoms with Crippen LogP contribution in [0.25, 0.3) is 11.2 Å². The molecule has 0 spiro atoms. The summed E-state index contributed by atoms with van der Waals surface area (Å²) in [5.41, 5.74) is 6.37. The Morgan fingerprint density at radius 3 is 2.43 bits per heavy atom. The molecule has 0 unspecified atom stereocenters. The summed E-state index contributed by atoms with van der Waals surface area (Å²) >= 11 is 0. The van der Waals surface area contributed by atoms with Crippen molar-refractivity contribution in [1.82, 2.24) is 19.5 Å². The van der Waals surface area contributed by atoms with Gasteiger partial charge in [-0.3, -0.25) is 19.0 Å². The Labute approximate surface area is 170 Å². The van der Waals surface area contributed by atoms with Gasteiger partial charge in [-0.1, -0.05) is 0 Å². The number of ether oxygens (including phenoxy) is 4. The van der Waals surface area contributed by atoms with Crippen LogP contribution in [0.1, 0.15) is 32.8 Å². The minimum atomic E-state index is -1.09. The first-order valence-corrected chi connectivity index (χ1v) is 8.81. The fraction of sp³-hybridized carbons (Fsp3) is 0.444. The highest BCUT2D eigenvalue weighted by Gasteiger charge is 2.51. The van der Waals surface area contributed by atoms with Crippen molar-refractivity contribution in [2.75, 3.05) is 12.3 Å². The number of nitrogens with zero attached hydrogens (tertiary/aromatic N) is 4. The SMILES string of the molecule is C#Cc1nc(N)c2ncn([C@@H]3O[C@H](COC(C)=O)[C@@H](OC(C)=O)[C@H]3OC(C)=O)c2n1. The lowest BCUT2D eigenvalue weighted by Gasteiger charge is -2.23. The van der Waals surface area contributed by atoms with Gasteiger partial charge in [0.15, 0.2) is 29.9 Å². The lowest BCUT2D eigenvalue weighted by molar-refractivity contribution is -0.166. The molecule has 4 atom stereocenters. The number of aromatic nitrogens is 4. The Hall–Kier alpha value is -3.72. The van der Waals surface area contributed by atoms with Crippen LogP contribution in [-0.2, 0) is 33.3 Å². The van der Waals surface area contributed by atoms with Crippen molar-refractivity contribution in [2.24, 2.45) is 0 Å². The Kier molecular flexibility index (Phi) is 5.84. The van der Waals surface area contributed by atoms with E-state index in [4.69, 9.17) is 31.1 Å². The molecule has 1 aliphatic rings. The third-order valence-electron chi connectivity index (χ3n) is 4.19. The van der Waals surface area contributed by atoms with Crippen LogP contribution in [-0.4, -0.2) is 62.3 Å². The highest BCUT2D eigenvalue weighted by Crippen LogP contribution is 2.36. The third-order valence-corrected chi connectivity index (χ3v) is 4.19. The van der Waals surface area contributed by atoms with Gasteiger partial charge in [0.1, 0.15) is 18.2 Å². The average molecular weight is 417 g/mol. The molecule has 0 bridgehead atoms. The second kappa shape index (κ2) is 8.34. The molecule has 2 aromatic rings. The normalized spacial score (nSPS) is 23.0. The van der Waals surface area contributed by atoms with Gasteiger partial charge in [0.2, 0.25) is 5.82 Å². The number of esters is 3. The molecule has 0 radical (unpaired) electrons. The first kappa shape index (κ1) is 21.0. The van der Waals surface area contributed by atoms with E-state index in [1.807, 2.05) is 0 Å². The van der Waals surface area contributed by atoms with Crippen LogP contribution in [0, 0.1) is 12.3 Å². The number of terminal acetylenes is 1. The zero-order valence-corrected chi connectivity index (χ0v) is 16.4. The Morgan fingerprint density at radius 2 is 1.83 bits per heavy atom. The van der Waals surface area contributed by atoms with Gasteiger partial charge in [-0.05, 0) is 5.92 Å². The standard InChI is InChI=1S/C18H19N5O7/c1-5-12-21-16(19)13-17(22-12)23(7-20-13)18-15(29-10(4)26)14(28-9(3)25)11(30-18)6-27-8(2)24/h1,7,11,14-15,18H,6H2,2-4H3,(H2,19,21,22)/t11-,14-,15-,18-/m1/s1. The molecular weight excluding hydrogens is 398 g/mol. The molecule has 0 amide bonds. The number of fused-ring (bicyclic) bond motifs is 1. The smallest absolute Gasteiger partial charge is 0.303 e. The van der Waals surface area contributed by atoms with E-state index in [9.17, 15) is 14.4 Å².